The van der Waals surface area contributed by atoms with Crippen LogP contribution in [0.4, 0.5) is 10.5 Å². The first-order valence-corrected chi connectivity index (χ1v) is 8.34. The molecule has 116 valence electrons. The van der Waals surface area contributed by atoms with Gasteiger partial charge in [0.25, 0.3) is 0 Å². The maximum absolute atomic E-state index is 12.2. The Morgan fingerprint density at radius 2 is 1.55 bits per heavy atom. The minimum absolute atomic E-state index is 0.175. The second kappa shape index (κ2) is 7.99. The summed E-state index contributed by atoms with van der Waals surface area (Å²) in [5, 5.41) is 5.92. The van der Waals surface area contributed by atoms with Gasteiger partial charge in [0.15, 0.2) is 0 Å². The number of rotatable bonds is 5. The molecule has 0 aliphatic carbocycles. The summed E-state index contributed by atoms with van der Waals surface area (Å²) in [6.07, 6.45) is 1.79. The van der Waals surface area contributed by atoms with E-state index in [1.165, 1.54) is 0 Å². The molecule has 0 spiro atoms. The molecule has 0 radical (unpaired) electrons. The predicted octanol–water partition coefficient (Wildman–Crippen LogP) is 4.90. The van der Waals surface area contributed by atoms with Crippen molar-refractivity contribution in [2.24, 2.45) is 0 Å². The third kappa shape index (κ3) is 4.10. The summed E-state index contributed by atoms with van der Waals surface area (Å²) in [4.78, 5) is 12.2. The molecular weight excluding hydrogens is 340 g/mol. The third-order valence-electron chi connectivity index (χ3n) is 3.63. The van der Waals surface area contributed by atoms with Gasteiger partial charge in [0.2, 0.25) is 0 Å². The molecule has 2 N–H and O–H groups in total. The fraction of sp³-hybridized carbons (Fsp3) is 0.278. The van der Waals surface area contributed by atoms with Gasteiger partial charge in [-0.1, -0.05) is 66.2 Å². The Hall–Kier alpha value is -1.81. The molecule has 4 heteroatoms. The number of hydrogen-bond donors (Lipinski definition) is 2. The Bertz CT molecular complexity index is 633. The van der Waals surface area contributed by atoms with Crippen LogP contribution in [-0.4, -0.2) is 6.03 Å². The Kier molecular flexibility index (Phi) is 6.01. The number of carbonyl (C=O) groups is 1. The molecule has 0 unspecified atom stereocenters. The van der Waals surface area contributed by atoms with Crippen LogP contribution < -0.4 is 10.6 Å². The zero-order valence-electron chi connectivity index (χ0n) is 12.9. The highest BCUT2D eigenvalue weighted by atomic mass is 79.9. The number of anilines is 1. The van der Waals surface area contributed by atoms with Crippen LogP contribution in [0.25, 0.3) is 0 Å². The highest BCUT2D eigenvalue weighted by molar-refractivity contribution is 9.10. The first-order chi connectivity index (χ1) is 10.7. The van der Waals surface area contributed by atoms with E-state index in [-0.39, 0.29) is 6.03 Å². The molecule has 0 aliphatic rings. The van der Waals surface area contributed by atoms with Gasteiger partial charge >= 0.3 is 6.03 Å². The van der Waals surface area contributed by atoms with Crippen molar-refractivity contribution in [3.8, 4) is 0 Å². The zero-order valence-corrected chi connectivity index (χ0v) is 14.5. The maximum atomic E-state index is 12.2. The van der Waals surface area contributed by atoms with E-state index < -0.39 is 0 Å². The summed E-state index contributed by atoms with van der Waals surface area (Å²) in [7, 11) is 0. The Morgan fingerprint density at radius 3 is 2.14 bits per heavy atom. The summed E-state index contributed by atoms with van der Waals surface area (Å²) in [5.74, 6) is 0. The maximum Gasteiger partial charge on any atom is 0.319 e. The third-order valence-corrected chi connectivity index (χ3v) is 4.41. The van der Waals surface area contributed by atoms with Crippen molar-refractivity contribution in [2.75, 3.05) is 5.32 Å². The second-order valence-corrected chi connectivity index (χ2v) is 5.91. The first kappa shape index (κ1) is 16.6. The van der Waals surface area contributed by atoms with Crippen LogP contribution in [0.1, 0.15) is 30.5 Å². The van der Waals surface area contributed by atoms with Gasteiger partial charge in [0.05, 0.1) is 0 Å². The first-order valence-electron chi connectivity index (χ1n) is 7.54. The lowest BCUT2D eigenvalue weighted by Gasteiger charge is -2.15. The molecule has 0 atom stereocenters. The molecule has 2 rings (SSSR count). The summed E-state index contributed by atoms with van der Waals surface area (Å²) < 4.78 is 0.999. The normalized spacial score (nSPS) is 10.3. The van der Waals surface area contributed by atoms with Gasteiger partial charge in [0, 0.05) is 16.7 Å². The number of amides is 2. The van der Waals surface area contributed by atoms with E-state index in [0.29, 0.717) is 6.54 Å². The fourth-order valence-corrected chi connectivity index (χ4v) is 2.80. The molecule has 0 aliphatic heterocycles. The van der Waals surface area contributed by atoms with E-state index in [1.54, 1.807) is 0 Å². The van der Waals surface area contributed by atoms with E-state index in [2.05, 4.69) is 52.5 Å². The molecule has 3 nitrogen and oxygen atoms in total. The molecule has 0 heterocycles. The molecule has 22 heavy (non-hydrogen) atoms. The van der Waals surface area contributed by atoms with Gasteiger partial charge in [0.1, 0.15) is 0 Å². The Morgan fingerprint density at radius 1 is 0.955 bits per heavy atom. The van der Waals surface area contributed by atoms with Crippen LogP contribution in [0.3, 0.4) is 0 Å². The Balaban J connectivity index is 2.05. The SMILES string of the molecule is CCc1cccc(CC)c1NC(=O)NCc1ccccc1Br. The lowest BCUT2D eigenvalue weighted by atomic mass is 10.0. The number of aryl methyl sites for hydroxylation is 2. The number of urea groups is 1. The summed E-state index contributed by atoms with van der Waals surface area (Å²) in [6, 6.07) is 13.9. The summed E-state index contributed by atoms with van der Waals surface area (Å²) >= 11 is 3.49. The molecular formula is C18H21BrN2O. The predicted molar refractivity (Wildman–Crippen MR) is 95.2 cm³/mol. The second-order valence-electron chi connectivity index (χ2n) is 5.06. The van der Waals surface area contributed by atoms with Crippen molar-refractivity contribution in [3.63, 3.8) is 0 Å². The zero-order chi connectivity index (χ0) is 15.9. The van der Waals surface area contributed by atoms with E-state index in [1.807, 2.05) is 30.3 Å². The molecule has 0 aromatic heterocycles. The van der Waals surface area contributed by atoms with E-state index in [0.717, 1.165) is 39.7 Å². The summed E-state index contributed by atoms with van der Waals surface area (Å²) in [6.45, 7) is 4.68. The molecule has 2 aromatic rings. The molecule has 0 bridgehead atoms. The van der Waals surface area contributed by atoms with Gasteiger partial charge < -0.3 is 10.6 Å². The van der Waals surface area contributed by atoms with Gasteiger partial charge in [-0.25, -0.2) is 4.79 Å². The molecule has 0 fully saturated rings. The number of benzene rings is 2. The molecule has 0 saturated heterocycles. The highest BCUT2D eigenvalue weighted by Gasteiger charge is 2.10. The van der Waals surface area contributed by atoms with Crippen molar-refractivity contribution in [3.05, 3.63) is 63.6 Å². The lowest BCUT2D eigenvalue weighted by Crippen LogP contribution is -2.29. The van der Waals surface area contributed by atoms with Crippen LogP contribution in [-0.2, 0) is 19.4 Å². The minimum atomic E-state index is -0.175. The number of carbonyl (C=O) groups excluding carboxylic acids is 1. The number of halogens is 1. The molecule has 0 saturated carbocycles. The van der Waals surface area contributed by atoms with Crippen LogP contribution in [0.15, 0.2) is 46.9 Å². The highest BCUT2D eigenvalue weighted by Crippen LogP contribution is 2.22. The number of hydrogen-bond acceptors (Lipinski definition) is 1. The van der Waals surface area contributed by atoms with Crippen molar-refractivity contribution in [2.45, 2.75) is 33.2 Å². The smallest absolute Gasteiger partial charge is 0.319 e. The van der Waals surface area contributed by atoms with E-state index >= 15 is 0 Å². The van der Waals surface area contributed by atoms with Crippen LogP contribution in [0.2, 0.25) is 0 Å². The lowest BCUT2D eigenvalue weighted by molar-refractivity contribution is 0.251. The van der Waals surface area contributed by atoms with Crippen LogP contribution in [0.5, 0.6) is 0 Å². The van der Waals surface area contributed by atoms with Crippen molar-refractivity contribution < 1.29 is 4.79 Å². The van der Waals surface area contributed by atoms with Gasteiger partial charge in [-0.15, -0.1) is 0 Å². The van der Waals surface area contributed by atoms with Gasteiger partial charge in [-0.05, 0) is 35.6 Å². The standard InChI is InChI=1S/C18H21BrN2O/c1-3-13-9-7-10-14(4-2)17(13)21-18(22)20-12-15-8-5-6-11-16(15)19/h5-11H,3-4,12H2,1-2H3,(H2,20,21,22). The molecule has 2 aromatic carbocycles. The van der Waals surface area contributed by atoms with Crippen molar-refractivity contribution in [1.82, 2.24) is 5.32 Å². The number of para-hydroxylation sites is 1. The number of nitrogens with one attached hydrogen (secondary N) is 2. The van der Waals surface area contributed by atoms with Gasteiger partial charge in [-0.2, -0.15) is 0 Å². The fourth-order valence-electron chi connectivity index (χ4n) is 2.38. The monoisotopic (exact) mass is 360 g/mol. The Labute approximate surface area is 140 Å². The quantitative estimate of drug-likeness (QED) is 0.782. The van der Waals surface area contributed by atoms with E-state index in [9.17, 15) is 4.79 Å². The van der Waals surface area contributed by atoms with Crippen molar-refractivity contribution >= 4 is 27.6 Å². The minimum Gasteiger partial charge on any atom is -0.334 e. The largest absolute Gasteiger partial charge is 0.334 e. The van der Waals surface area contributed by atoms with E-state index in [4.69, 9.17) is 0 Å². The summed E-state index contributed by atoms with van der Waals surface area (Å²) in [5.41, 5.74) is 4.32. The van der Waals surface area contributed by atoms with Gasteiger partial charge in [-0.3, -0.25) is 0 Å². The van der Waals surface area contributed by atoms with Crippen LogP contribution in [0, 0.1) is 0 Å². The van der Waals surface area contributed by atoms with Crippen molar-refractivity contribution in [1.29, 1.82) is 0 Å². The average Bonchev–Trinajstić information content (AvgIpc) is 2.54. The topological polar surface area (TPSA) is 41.1 Å². The average molecular weight is 361 g/mol. The van der Waals surface area contributed by atoms with Crippen LogP contribution >= 0.6 is 15.9 Å². The molecule has 2 amide bonds.